The van der Waals surface area contributed by atoms with E-state index in [1.54, 1.807) is 20.2 Å². The molecule has 2 aromatic rings. The van der Waals surface area contributed by atoms with E-state index in [4.69, 9.17) is 0 Å². The molecule has 0 aliphatic rings. The van der Waals surface area contributed by atoms with Crippen molar-refractivity contribution in [3.05, 3.63) is 64.3 Å². The van der Waals surface area contributed by atoms with Gasteiger partial charge in [0.05, 0.1) is 0 Å². The Morgan fingerprint density at radius 1 is 1.20 bits per heavy atom. The Bertz CT molecular complexity index is 678. The highest BCUT2D eigenvalue weighted by Gasteiger charge is 2.13. The summed E-state index contributed by atoms with van der Waals surface area (Å²) in [5.41, 5.74) is 2.56. The summed E-state index contributed by atoms with van der Waals surface area (Å²) in [5.74, 6) is -0.875. The van der Waals surface area contributed by atoms with Crippen molar-refractivity contribution in [2.24, 2.45) is 0 Å². The average Bonchev–Trinajstić information content (AvgIpc) is 2.39. The number of nitrogens with one attached hydrogen (secondary N) is 1. The van der Waals surface area contributed by atoms with E-state index in [2.05, 4.69) is 5.43 Å². The lowest BCUT2D eigenvalue weighted by molar-refractivity contribution is 0.0855. The standard InChI is InChI=1S/C14H14FN3O2/c1-17(2)16-13(19)12-4-3-9-18(14(12)20)11-7-5-10(15)6-8-11/h3-9H,1-2H3,(H,16,19). The Labute approximate surface area is 115 Å². The number of hydrogen-bond acceptors (Lipinski definition) is 3. The molecule has 6 heteroatoms. The number of aromatic nitrogens is 1. The fourth-order valence-corrected chi connectivity index (χ4v) is 1.74. The first kappa shape index (κ1) is 14.0. The second kappa shape index (κ2) is 5.66. The Hall–Kier alpha value is -2.47. The van der Waals surface area contributed by atoms with Crippen molar-refractivity contribution in [2.45, 2.75) is 0 Å². The number of amides is 1. The molecule has 0 bridgehead atoms. The molecule has 5 nitrogen and oxygen atoms in total. The number of hydrazine groups is 1. The number of halogens is 1. The molecule has 0 aliphatic carbocycles. The van der Waals surface area contributed by atoms with Crippen LogP contribution in [0.1, 0.15) is 10.4 Å². The second-order valence-corrected chi connectivity index (χ2v) is 4.41. The van der Waals surface area contributed by atoms with Gasteiger partial charge in [-0.25, -0.2) is 9.40 Å². The minimum absolute atomic E-state index is 0.0190. The van der Waals surface area contributed by atoms with E-state index in [0.717, 1.165) is 0 Å². The molecule has 0 radical (unpaired) electrons. The normalized spacial score (nSPS) is 10.6. The summed E-state index contributed by atoms with van der Waals surface area (Å²) < 4.78 is 14.2. The molecule has 104 valence electrons. The molecule has 1 N–H and O–H groups in total. The highest BCUT2D eigenvalue weighted by molar-refractivity contribution is 5.93. The molecule has 0 fully saturated rings. The smallest absolute Gasteiger partial charge is 0.271 e. The van der Waals surface area contributed by atoms with Gasteiger partial charge in [-0.15, -0.1) is 0 Å². The van der Waals surface area contributed by atoms with Gasteiger partial charge in [0.1, 0.15) is 11.4 Å². The third-order valence-electron chi connectivity index (χ3n) is 2.62. The molecule has 0 saturated heterocycles. The molecular formula is C14H14FN3O2. The zero-order valence-electron chi connectivity index (χ0n) is 11.1. The van der Waals surface area contributed by atoms with Crippen molar-refractivity contribution >= 4 is 5.91 Å². The van der Waals surface area contributed by atoms with Gasteiger partial charge in [-0.1, -0.05) is 0 Å². The number of pyridine rings is 1. The number of hydrogen-bond donors (Lipinski definition) is 1. The maximum atomic E-state index is 12.9. The van der Waals surface area contributed by atoms with Crippen LogP contribution in [0.25, 0.3) is 5.69 Å². The molecule has 20 heavy (non-hydrogen) atoms. The monoisotopic (exact) mass is 275 g/mol. The molecular weight excluding hydrogens is 261 g/mol. The van der Waals surface area contributed by atoms with Crippen LogP contribution in [0.15, 0.2) is 47.4 Å². The highest BCUT2D eigenvalue weighted by atomic mass is 19.1. The Kier molecular flexibility index (Phi) is 3.95. The van der Waals surface area contributed by atoms with Crippen molar-refractivity contribution in [3.8, 4) is 5.69 Å². The molecule has 0 spiro atoms. The lowest BCUT2D eigenvalue weighted by Crippen LogP contribution is -2.39. The fourth-order valence-electron chi connectivity index (χ4n) is 1.74. The summed E-state index contributed by atoms with van der Waals surface area (Å²) in [4.78, 5) is 24.2. The molecule has 1 heterocycles. The van der Waals surface area contributed by atoms with Gasteiger partial charge < -0.3 is 0 Å². The number of nitrogens with zero attached hydrogens (tertiary/aromatic N) is 2. The summed E-state index contributed by atoms with van der Waals surface area (Å²) in [5, 5.41) is 1.46. The van der Waals surface area contributed by atoms with Gasteiger partial charge in [0.15, 0.2) is 0 Å². The van der Waals surface area contributed by atoms with Gasteiger partial charge in [-0.05, 0) is 36.4 Å². The second-order valence-electron chi connectivity index (χ2n) is 4.41. The molecule has 0 atom stereocenters. The van der Waals surface area contributed by atoms with Gasteiger partial charge in [0.25, 0.3) is 11.5 Å². The first-order chi connectivity index (χ1) is 9.49. The summed E-state index contributed by atoms with van der Waals surface area (Å²) in [7, 11) is 3.30. The lowest BCUT2D eigenvalue weighted by atomic mass is 10.2. The van der Waals surface area contributed by atoms with E-state index in [1.165, 1.54) is 46.1 Å². The maximum Gasteiger partial charge on any atom is 0.271 e. The van der Waals surface area contributed by atoms with Crippen LogP contribution in [0.5, 0.6) is 0 Å². The summed E-state index contributed by atoms with van der Waals surface area (Å²) in [6, 6.07) is 8.51. The van der Waals surface area contributed by atoms with Crippen LogP contribution in [0.3, 0.4) is 0 Å². The quantitative estimate of drug-likeness (QED) is 0.856. The van der Waals surface area contributed by atoms with Crippen LogP contribution in [0.2, 0.25) is 0 Å². The summed E-state index contributed by atoms with van der Waals surface area (Å²) >= 11 is 0. The lowest BCUT2D eigenvalue weighted by Gasteiger charge is -2.12. The van der Waals surface area contributed by atoms with Crippen LogP contribution in [-0.4, -0.2) is 29.6 Å². The molecule has 0 unspecified atom stereocenters. The van der Waals surface area contributed by atoms with Gasteiger partial charge in [-0.3, -0.25) is 19.6 Å². The molecule has 1 amide bonds. The zero-order chi connectivity index (χ0) is 14.7. The van der Waals surface area contributed by atoms with Crippen LogP contribution >= 0.6 is 0 Å². The Morgan fingerprint density at radius 3 is 2.45 bits per heavy atom. The maximum absolute atomic E-state index is 12.9. The number of benzene rings is 1. The predicted octanol–water partition coefficient (Wildman–Crippen LogP) is 1.18. The van der Waals surface area contributed by atoms with Crippen LogP contribution < -0.4 is 11.0 Å². The van der Waals surface area contributed by atoms with Gasteiger partial charge >= 0.3 is 0 Å². The van der Waals surface area contributed by atoms with E-state index in [0.29, 0.717) is 5.69 Å². The third-order valence-corrected chi connectivity index (χ3v) is 2.62. The van der Waals surface area contributed by atoms with E-state index in [1.807, 2.05) is 0 Å². The molecule has 1 aromatic heterocycles. The molecule has 2 rings (SSSR count). The minimum atomic E-state index is -0.489. The fraction of sp³-hybridized carbons (Fsp3) is 0.143. The average molecular weight is 275 g/mol. The summed E-state index contributed by atoms with van der Waals surface area (Å²) in [6.45, 7) is 0. The molecule has 1 aromatic carbocycles. The van der Waals surface area contributed by atoms with Gasteiger partial charge in [-0.2, -0.15) is 0 Å². The first-order valence-electron chi connectivity index (χ1n) is 5.95. The SMILES string of the molecule is CN(C)NC(=O)c1cccn(-c2ccc(F)cc2)c1=O. The van der Waals surface area contributed by atoms with Crippen molar-refractivity contribution in [1.29, 1.82) is 0 Å². The third kappa shape index (κ3) is 2.92. The first-order valence-corrected chi connectivity index (χ1v) is 5.95. The minimum Gasteiger partial charge on any atom is -0.285 e. The largest absolute Gasteiger partial charge is 0.285 e. The van der Waals surface area contributed by atoms with Crippen LogP contribution in [0.4, 0.5) is 4.39 Å². The number of rotatable bonds is 3. The molecule has 0 aliphatic heterocycles. The molecule has 0 saturated carbocycles. The highest BCUT2D eigenvalue weighted by Crippen LogP contribution is 2.07. The van der Waals surface area contributed by atoms with Gasteiger partial charge in [0.2, 0.25) is 0 Å². The van der Waals surface area contributed by atoms with Gasteiger partial charge in [0, 0.05) is 26.0 Å². The van der Waals surface area contributed by atoms with Crippen molar-refractivity contribution in [3.63, 3.8) is 0 Å². The van der Waals surface area contributed by atoms with E-state index in [9.17, 15) is 14.0 Å². The van der Waals surface area contributed by atoms with Crippen molar-refractivity contribution in [1.82, 2.24) is 15.0 Å². The Morgan fingerprint density at radius 2 is 1.85 bits per heavy atom. The number of carbonyl (C=O) groups excluding carboxylic acids is 1. The topological polar surface area (TPSA) is 54.3 Å². The van der Waals surface area contributed by atoms with E-state index >= 15 is 0 Å². The van der Waals surface area contributed by atoms with Crippen LogP contribution in [0, 0.1) is 5.82 Å². The van der Waals surface area contributed by atoms with Crippen LogP contribution in [-0.2, 0) is 0 Å². The van der Waals surface area contributed by atoms with E-state index < -0.39 is 11.5 Å². The summed E-state index contributed by atoms with van der Waals surface area (Å²) in [6.07, 6.45) is 1.53. The van der Waals surface area contributed by atoms with E-state index in [-0.39, 0.29) is 11.4 Å². The Balaban J connectivity index is 2.44. The zero-order valence-corrected chi connectivity index (χ0v) is 11.1. The predicted molar refractivity (Wildman–Crippen MR) is 73.2 cm³/mol. The van der Waals surface area contributed by atoms with Crippen molar-refractivity contribution in [2.75, 3.05) is 14.1 Å². The van der Waals surface area contributed by atoms with Crippen molar-refractivity contribution < 1.29 is 9.18 Å². The number of carbonyl (C=O) groups is 1.